The lowest BCUT2D eigenvalue weighted by Gasteiger charge is -2.21. The molecule has 3 heterocycles. The SMILES string of the molecule is CC(C)(C)n1nnc(C(=O)N(Cc2ccc3[nH]ccc3c2)Cc2cccs2)n1. The number of tetrazole rings is 1. The topological polar surface area (TPSA) is 79.7 Å². The number of hydrogen-bond acceptors (Lipinski definition) is 5. The quantitative estimate of drug-likeness (QED) is 0.558. The zero-order valence-corrected chi connectivity index (χ0v) is 16.9. The summed E-state index contributed by atoms with van der Waals surface area (Å²) in [6.07, 6.45) is 1.91. The molecular formula is C20H22N6OS. The molecule has 4 rings (SSSR count). The summed E-state index contributed by atoms with van der Waals surface area (Å²) in [6, 6.07) is 12.2. The molecule has 0 saturated carbocycles. The lowest BCUT2D eigenvalue weighted by atomic mass is 10.1. The van der Waals surface area contributed by atoms with E-state index in [4.69, 9.17) is 0 Å². The Hall–Kier alpha value is -3.00. The predicted octanol–water partition coefficient (Wildman–Crippen LogP) is 3.81. The fourth-order valence-corrected chi connectivity index (χ4v) is 3.66. The number of fused-ring (bicyclic) bond motifs is 1. The number of nitrogens with one attached hydrogen (secondary N) is 1. The predicted molar refractivity (Wildman–Crippen MR) is 109 cm³/mol. The van der Waals surface area contributed by atoms with Crippen molar-refractivity contribution in [3.63, 3.8) is 0 Å². The lowest BCUT2D eigenvalue weighted by Crippen LogP contribution is -2.31. The van der Waals surface area contributed by atoms with Crippen LogP contribution in [0.2, 0.25) is 0 Å². The first-order valence-corrected chi connectivity index (χ1v) is 9.96. The molecule has 0 fully saturated rings. The second kappa shape index (κ2) is 7.20. The van der Waals surface area contributed by atoms with E-state index in [1.54, 1.807) is 16.2 Å². The molecule has 1 amide bonds. The molecule has 8 heteroatoms. The molecule has 0 aliphatic carbocycles. The molecule has 0 aliphatic rings. The van der Waals surface area contributed by atoms with Crippen LogP contribution in [-0.2, 0) is 18.6 Å². The number of benzene rings is 1. The first kappa shape index (κ1) is 18.4. The summed E-state index contributed by atoms with van der Waals surface area (Å²) in [5.74, 6) is -0.104. The Labute approximate surface area is 167 Å². The van der Waals surface area contributed by atoms with Gasteiger partial charge >= 0.3 is 0 Å². The normalized spacial score (nSPS) is 11.8. The third-order valence-corrected chi connectivity index (χ3v) is 5.27. The number of H-pyrrole nitrogens is 1. The van der Waals surface area contributed by atoms with Crippen molar-refractivity contribution in [3.05, 3.63) is 64.2 Å². The highest BCUT2D eigenvalue weighted by atomic mass is 32.1. The van der Waals surface area contributed by atoms with Gasteiger partial charge in [-0.25, -0.2) is 0 Å². The molecule has 0 atom stereocenters. The Morgan fingerprint density at radius 2 is 2.07 bits per heavy atom. The number of rotatable bonds is 5. The Balaban J connectivity index is 1.62. The van der Waals surface area contributed by atoms with E-state index >= 15 is 0 Å². The van der Waals surface area contributed by atoms with Crippen LogP contribution in [0.5, 0.6) is 0 Å². The Bertz CT molecular complexity index is 1090. The zero-order chi connectivity index (χ0) is 19.7. The molecule has 1 aromatic carbocycles. The summed E-state index contributed by atoms with van der Waals surface area (Å²) < 4.78 is 0. The number of hydrogen-bond donors (Lipinski definition) is 1. The van der Waals surface area contributed by atoms with Crippen LogP contribution >= 0.6 is 11.3 Å². The average Bonchev–Trinajstić information content (AvgIpc) is 3.40. The van der Waals surface area contributed by atoms with Gasteiger partial charge in [0.25, 0.3) is 11.7 Å². The van der Waals surface area contributed by atoms with Crippen molar-refractivity contribution >= 4 is 28.1 Å². The highest BCUT2D eigenvalue weighted by Gasteiger charge is 2.25. The number of aromatic nitrogens is 5. The summed E-state index contributed by atoms with van der Waals surface area (Å²) in [5.41, 5.74) is 1.80. The van der Waals surface area contributed by atoms with Crippen LogP contribution in [0.1, 0.15) is 41.8 Å². The number of carbonyl (C=O) groups excluding carboxylic acids is 1. The van der Waals surface area contributed by atoms with E-state index in [-0.39, 0.29) is 17.3 Å². The third kappa shape index (κ3) is 3.82. The van der Waals surface area contributed by atoms with E-state index in [1.807, 2.05) is 62.7 Å². The Morgan fingerprint density at radius 1 is 1.21 bits per heavy atom. The third-order valence-electron chi connectivity index (χ3n) is 4.41. The smallest absolute Gasteiger partial charge is 0.296 e. The first-order chi connectivity index (χ1) is 13.4. The van der Waals surface area contributed by atoms with Crippen molar-refractivity contribution in [2.75, 3.05) is 0 Å². The van der Waals surface area contributed by atoms with E-state index in [2.05, 4.69) is 26.5 Å². The van der Waals surface area contributed by atoms with Gasteiger partial charge in [0.15, 0.2) is 0 Å². The van der Waals surface area contributed by atoms with Gasteiger partial charge in [0.2, 0.25) is 0 Å². The summed E-state index contributed by atoms with van der Waals surface area (Å²) >= 11 is 1.63. The van der Waals surface area contributed by atoms with Gasteiger partial charge in [-0.3, -0.25) is 4.79 Å². The van der Waals surface area contributed by atoms with Gasteiger partial charge in [-0.15, -0.1) is 21.5 Å². The Morgan fingerprint density at radius 3 is 2.79 bits per heavy atom. The average molecular weight is 395 g/mol. The number of carbonyl (C=O) groups is 1. The maximum Gasteiger partial charge on any atom is 0.296 e. The van der Waals surface area contributed by atoms with Crippen molar-refractivity contribution in [3.8, 4) is 0 Å². The van der Waals surface area contributed by atoms with Crippen molar-refractivity contribution in [2.45, 2.75) is 39.4 Å². The van der Waals surface area contributed by atoms with Gasteiger partial charge in [-0.2, -0.15) is 4.80 Å². The maximum absolute atomic E-state index is 13.2. The van der Waals surface area contributed by atoms with Gasteiger partial charge in [0.05, 0.1) is 12.1 Å². The number of aromatic amines is 1. The lowest BCUT2D eigenvalue weighted by molar-refractivity contribution is 0.0718. The van der Waals surface area contributed by atoms with E-state index < -0.39 is 0 Å². The van der Waals surface area contributed by atoms with Crippen molar-refractivity contribution in [2.24, 2.45) is 0 Å². The largest absolute Gasteiger partial charge is 0.361 e. The minimum atomic E-state index is -0.330. The summed E-state index contributed by atoms with van der Waals surface area (Å²) in [7, 11) is 0. The molecule has 0 radical (unpaired) electrons. The minimum Gasteiger partial charge on any atom is -0.361 e. The summed E-state index contributed by atoms with van der Waals surface area (Å²) in [4.78, 5) is 20.7. The molecule has 28 heavy (non-hydrogen) atoms. The Kier molecular flexibility index (Phi) is 4.72. The minimum absolute atomic E-state index is 0.120. The highest BCUT2D eigenvalue weighted by molar-refractivity contribution is 7.09. The molecule has 144 valence electrons. The van der Waals surface area contributed by atoms with Gasteiger partial charge in [-0.1, -0.05) is 12.1 Å². The van der Waals surface area contributed by atoms with Gasteiger partial charge in [0, 0.05) is 23.1 Å². The summed E-state index contributed by atoms with van der Waals surface area (Å²) in [5, 5.41) is 15.5. The van der Waals surface area contributed by atoms with E-state index in [1.165, 1.54) is 4.80 Å². The highest BCUT2D eigenvalue weighted by Crippen LogP contribution is 2.20. The molecule has 0 bridgehead atoms. The molecule has 0 spiro atoms. The standard InChI is InChI=1S/C20H22N6OS/c1-20(2,3)26-23-18(22-24-26)19(27)25(13-16-5-4-10-28-16)12-14-6-7-17-15(11-14)8-9-21-17/h4-11,21H,12-13H2,1-3H3. The van der Waals surface area contributed by atoms with Crippen LogP contribution in [0.3, 0.4) is 0 Å². The second-order valence-electron chi connectivity index (χ2n) is 7.71. The number of thiophene rings is 1. The van der Waals surface area contributed by atoms with Crippen LogP contribution in [0.4, 0.5) is 0 Å². The van der Waals surface area contributed by atoms with Gasteiger partial charge in [0.1, 0.15) is 0 Å². The molecule has 0 aliphatic heterocycles. The fraction of sp³-hybridized carbons (Fsp3) is 0.300. The molecule has 1 N–H and O–H groups in total. The van der Waals surface area contributed by atoms with E-state index in [0.29, 0.717) is 13.1 Å². The summed E-state index contributed by atoms with van der Waals surface area (Å²) in [6.45, 7) is 6.89. The molecule has 3 aromatic heterocycles. The fourth-order valence-electron chi connectivity index (χ4n) is 2.94. The number of amides is 1. The van der Waals surface area contributed by atoms with E-state index in [9.17, 15) is 4.79 Å². The van der Waals surface area contributed by atoms with Crippen molar-refractivity contribution in [1.29, 1.82) is 0 Å². The molecule has 7 nitrogen and oxygen atoms in total. The van der Waals surface area contributed by atoms with E-state index in [0.717, 1.165) is 21.3 Å². The van der Waals surface area contributed by atoms with Crippen LogP contribution < -0.4 is 0 Å². The van der Waals surface area contributed by atoms with Gasteiger partial charge in [-0.05, 0) is 66.6 Å². The monoisotopic (exact) mass is 394 g/mol. The first-order valence-electron chi connectivity index (χ1n) is 9.08. The van der Waals surface area contributed by atoms with Crippen LogP contribution in [-0.4, -0.2) is 36.0 Å². The van der Waals surface area contributed by atoms with Crippen LogP contribution in [0.25, 0.3) is 10.9 Å². The molecular weight excluding hydrogens is 372 g/mol. The van der Waals surface area contributed by atoms with Gasteiger partial charge < -0.3 is 9.88 Å². The van der Waals surface area contributed by atoms with Crippen molar-refractivity contribution < 1.29 is 4.79 Å². The molecule has 0 saturated heterocycles. The van der Waals surface area contributed by atoms with Crippen molar-refractivity contribution in [1.82, 2.24) is 30.1 Å². The maximum atomic E-state index is 13.2. The molecule has 0 unspecified atom stereocenters. The van der Waals surface area contributed by atoms with Crippen LogP contribution in [0, 0.1) is 0 Å². The zero-order valence-electron chi connectivity index (χ0n) is 16.1. The molecule has 4 aromatic rings. The second-order valence-corrected chi connectivity index (χ2v) is 8.75. The van der Waals surface area contributed by atoms with Crippen LogP contribution in [0.15, 0.2) is 48.0 Å². The number of nitrogens with zero attached hydrogens (tertiary/aromatic N) is 5.